The minimum Gasteiger partial charge on any atom is -0.397 e. The molecule has 1 amide bonds. The second-order valence-electron chi connectivity index (χ2n) is 4.45. The molecule has 0 radical (unpaired) electrons. The maximum absolute atomic E-state index is 11.9. The minimum absolute atomic E-state index is 0.00884. The molecule has 1 aromatic rings. The number of aryl methyl sites for hydroxylation is 1. The minimum atomic E-state index is -0.00884. The Morgan fingerprint density at radius 1 is 1.62 bits per heavy atom. The van der Waals surface area contributed by atoms with Gasteiger partial charge in [0.15, 0.2) is 0 Å². The SMILES string of the molecule is CCn1cc(N)cc1C(=O)NCC1CCC1. The van der Waals surface area contributed by atoms with Crippen LogP contribution in [-0.2, 0) is 6.54 Å². The molecular weight excluding hydrogens is 202 g/mol. The summed E-state index contributed by atoms with van der Waals surface area (Å²) in [6.07, 6.45) is 5.60. The number of nitrogen functional groups attached to an aromatic ring is 1. The summed E-state index contributed by atoms with van der Waals surface area (Å²) in [5.41, 5.74) is 7.00. The van der Waals surface area contributed by atoms with Crippen LogP contribution in [0.2, 0.25) is 0 Å². The molecule has 3 N–H and O–H groups in total. The van der Waals surface area contributed by atoms with Crippen LogP contribution in [0.1, 0.15) is 36.7 Å². The highest BCUT2D eigenvalue weighted by Crippen LogP contribution is 2.25. The van der Waals surface area contributed by atoms with Crippen LogP contribution in [0.3, 0.4) is 0 Å². The lowest BCUT2D eigenvalue weighted by Crippen LogP contribution is -2.33. The van der Waals surface area contributed by atoms with Gasteiger partial charge < -0.3 is 15.6 Å². The van der Waals surface area contributed by atoms with E-state index in [2.05, 4.69) is 5.32 Å². The van der Waals surface area contributed by atoms with E-state index in [1.807, 2.05) is 11.5 Å². The lowest BCUT2D eigenvalue weighted by atomic mass is 9.85. The van der Waals surface area contributed by atoms with Gasteiger partial charge in [-0.25, -0.2) is 0 Å². The van der Waals surface area contributed by atoms with E-state index >= 15 is 0 Å². The zero-order valence-corrected chi connectivity index (χ0v) is 9.70. The van der Waals surface area contributed by atoms with Crippen LogP contribution in [0.15, 0.2) is 12.3 Å². The summed E-state index contributed by atoms with van der Waals surface area (Å²) in [6, 6.07) is 1.74. The first-order valence-corrected chi connectivity index (χ1v) is 5.94. The largest absolute Gasteiger partial charge is 0.397 e. The molecule has 1 aliphatic rings. The second kappa shape index (κ2) is 4.60. The van der Waals surface area contributed by atoms with Gasteiger partial charge in [0.25, 0.3) is 5.91 Å². The van der Waals surface area contributed by atoms with E-state index in [9.17, 15) is 4.79 Å². The van der Waals surface area contributed by atoms with Gasteiger partial charge in [-0.15, -0.1) is 0 Å². The van der Waals surface area contributed by atoms with Gasteiger partial charge in [0.1, 0.15) is 5.69 Å². The molecule has 0 saturated heterocycles. The highest BCUT2D eigenvalue weighted by Gasteiger charge is 2.19. The van der Waals surface area contributed by atoms with Crippen LogP contribution in [0.4, 0.5) is 5.69 Å². The molecule has 1 aliphatic carbocycles. The normalized spacial score (nSPS) is 15.8. The van der Waals surface area contributed by atoms with Gasteiger partial charge in [-0.3, -0.25) is 4.79 Å². The monoisotopic (exact) mass is 221 g/mol. The van der Waals surface area contributed by atoms with Crippen molar-refractivity contribution in [2.24, 2.45) is 5.92 Å². The number of anilines is 1. The molecule has 4 nitrogen and oxygen atoms in total. The number of hydrogen-bond acceptors (Lipinski definition) is 2. The van der Waals surface area contributed by atoms with Crippen molar-refractivity contribution < 1.29 is 4.79 Å². The molecule has 0 bridgehead atoms. The van der Waals surface area contributed by atoms with E-state index in [4.69, 9.17) is 5.73 Å². The van der Waals surface area contributed by atoms with E-state index in [-0.39, 0.29) is 5.91 Å². The van der Waals surface area contributed by atoms with E-state index in [1.165, 1.54) is 19.3 Å². The van der Waals surface area contributed by atoms with Gasteiger partial charge in [0.2, 0.25) is 0 Å². The van der Waals surface area contributed by atoms with E-state index < -0.39 is 0 Å². The molecule has 0 aliphatic heterocycles. The maximum atomic E-state index is 11.9. The predicted octanol–water partition coefficient (Wildman–Crippen LogP) is 1.62. The Bertz CT molecular complexity index is 380. The maximum Gasteiger partial charge on any atom is 0.267 e. The fourth-order valence-electron chi connectivity index (χ4n) is 2.01. The molecule has 1 saturated carbocycles. The first-order chi connectivity index (χ1) is 7.70. The molecule has 1 aromatic heterocycles. The van der Waals surface area contributed by atoms with Crippen LogP contribution in [0.5, 0.6) is 0 Å². The molecular formula is C12H19N3O. The molecule has 0 unspecified atom stereocenters. The molecule has 0 spiro atoms. The lowest BCUT2D eigenvalue weighted by Gasteiger charge is -2.25. The Morgan fingerprint density at radius 2 is 2.38 bits per heavy atom. The van der Waals surface area contributed by atoms with Crippen molar-refractivity contribution in [3.8, 4) is 0 Å². The van der Waals surface area contributed by atoms with Gasteiger partial charge in [0, 0.05) is 19.3 Å². The third kappa shape index (κ3) is 2.21. The smallest absolute Gasteiger partial charge is 0.267 e. The Balaban J connectivity index is 1.96. The summed E-state index contributed by atoms with van der Waals surface area (Å²) < 4.78 is 1.88. The average molecular weight is 221 g/mol. The summed E-state index contributed by atoms with van der Waals surface area (Å²) in [4.78, 5) is 11.9. The van der Waals surface area contributed by atoms with Gasteiger partial charge in [-0.1, -0.05) is 6.42 Å². The number of nitrogens with two attached hydrogens (primary N) is 1. The predicted molar refractivity (Wildman–Crippen MR) is 64.2 cm³/mol. The number of carbonyl (C=O) groups excluding carboxylic acids is 1. The standard InChI is InChI=1S/C12H19N3O/c1-2-15-8-10(13)6-11(15)12(16)14-7-9-4-3-5-9/h6,8-9H,2-5,7,13H2,1H3,(H,14,16). The number of nitrogens with zero attached hydrogens (tertiary/aromatic N) is 1. The first kappa shape index (κ1) is 11.0. The van der Waals surface area contributed by atoms with Gasteiger partial charge >= 0.3 is 0 Å². The Labute approximate surface area is 95.8 Å². The topological polar surface area (TPSA) is 60.0 Å². The number of rotatable bonds is 4. The van der Waals surface area contributed by atoms with Crippen molar-refractivity contribution in [1.29, 1.82) is 0 Å². The summed E-state index contributed by atoms with van der Waals surface area (Å²) in [6.45, 7) is 3.57. The molecule has 1 heterocycles. The Morgan fingerprint density at radius 3 is 2.94 bits per heavy atom. The molecule has 88 valence electrons. The van der Waals surface area contributed by atoms with Crippen molar-refractivity contribution in [3.63, 3.8) is 0 Å². The van der Waals surface area contributed by atoms with Crippen LogP contribution in [0.25, 0.3) is 0 Å². The average Bonchev–Trinajstić information content (AvgIpc) is 2.57. The quantitative estimate of drug-likeness (QED) is 0.811. The third-order valence-electron chi connectivity index (χ3n) is 3.27. The number of amides is 1. The van der Waals surface area contributed by atoms with E-state index in [1.54, 1.807) is 12.3 Å². The molecule has 0 aromatic carbocycles. The number of aromatic nitrogens is 1. The van der Waals surface area contributed by atoms with E-state index in [0.717, 1.165) is 13.1 Å². The summed E-state index contributed by atoms with van der Waals surface area (Å²) >= 11 is 0. The first-order valence-electron chi connectivity index (χ1n) is 5.94. The van der Waals surface area contributed by atoms with Crippen molar-refractivity contribution >= 4 is 11.6 Å². The van der Waals surface area contributed by atoms with Crippen LogP contribution >= 0.6 is 0 Å². The number of nitrogens with one attached hydrogen (secondary N) is 1. The zero-order chi connectivity index (χ0) is 11.5. The summed E-state index contributed by atoms with van der Waals surface area (Å²) in [7, 11) is 0. The third-order valence-corrected chi connectivity index (χ3v) is 3.27. The summed E-state index contributed by atoms with van der Waals surface area (Å²) in [5.74, 6) is 0.678. The van der Waals surface area contributed by atoms with Crippen LogP contribution in [0, 0.1) is 5.92 Å². The van der Waals surface area contributed by atoms with Crippen molar-refractivity contribution in [1.82, 2.24) is 9.88 Å². The van der Waals surface area contributed by atoms with Gasteiger partial charge in [0.05, 0.1) is 5.69 Å². The molecule has 4 heteroatoms. The van der Waals surface area contributed by atoms with Gasteiger partial charge in [-0.2, -0.15) is 0 Å². The van der Waals surface area contributed by atoms with Gasteiger partial charge in [-0.05, 0) is 31.7 Å². The fraction of sp³-hybridized carbons (Fsp3) is 0.583. The fourth-order valence-corrected chi connectivity index (χ4v) is 2.01. The zero-order valence-electron chi connectivity index (χ0n) is 9.70. The van der Waals surface area contributed by atoms with Crippen molar-refractivity contribution in [3.05, 3.63) is 18.0 Å². The second-order valence-corrected chi connectivity index (χ2v) is 4.45. The molecule has 0 atom stereocenters. The highest BCUT2D eigenvalue weighted by molar-refractivity contribution is 5.93. The summed E-state index contributed by atoms with van der Waals surface area (Å²) in [5, 5.41) is 2.97. The van der Waals surface area contributed by atoms with Crippen molar-refractivity contribution in [2.45, 2.75) is 32.7 Å². The van der Waals surface area contributed by atoms with Crippen LogP contribution in [-0.4, -0.2) is 17.0 Å². The van der Waals surface area contributed by atoms with Crippen molar-refractivity contribution in [2.75, 3.05) is 12.3 Å². The number of hydrogen-bond donors (Lipinski definition) is 2. The molecule has 1 fully saturated rings. The number of carbonyl (C=O) groups is 1. The highest BCUT2D eigenvalue weighted by atomic mass is 16.1. The lowest BCUT2D eigenvalue weighted by molar-refractivity contribution is 0.0930. The molecule has 16 heavy (non-hydrogen) atoms. The Kier molecular flexibility index (Phi) is 3.17. The van der Waals surface area contributed by atoms with Crippen LogP contribution < -0.4 is 11.1 Å². The molecule has 2 rings (SSSR count). The van der Waals surface area contributed by atoms with E-state index in [0.29, 0.717) is 17.3 Å². The Hall–Kier alpha value is -1.45.